The second kappa shape index (κ2) is 5.48. The summed E-state index contributed by atoms with van der Waals surface area (Å²) in [6.45, 7) is 2.45. The first kappa shape index (κ1) is 13.7. The van der Waals surface area contributed by atoms with Crippen LogP contribution in [0.4, 0.5) is 0 Å². The van der Waals surface area contributed by atoms with Gasteiger partial charge in [-0.3, -0.25) is 4.79 Å². The van der Waals surface area contributed by atoms with Gasteiger partial charge in [0.25, 0.3) is 0 Å². The van der Waals surface area contributed by atoms with Gasteiger partial charge in [0.05, 0.1) is 13.0 Å². The highest BCUT2D eigenvalue weighted by atomic mass is 16.5. The zero-order chi connectivity index (χ0) is 14.0. The summed E-state index contributed by atoms with van der Waals surface area (Å²) in [6, 6.07) is 3.59. The number of hydrogen-bond donors (Lipinski definition) is 3. The van der Waals surface area contributed by atoms with E-state index in [9.17, 15) is 9.90 Å². The number of phenols is 1. The molecule has 3 N–H and O–H groups in total. The van der Waals surface area contributed by atoms with E-state index in [1.807, 2.05) is 19.1 Å². The molecule has 0 aromatic heterocycles. The van der Waals surface area contributed by atoms with Crippen LogP contribution in [-0.4, -0.2) is 29.8 Å². The Morgan fingerprint density at radius 1 is 1.53 bits per heavy atom. The van der Waals surface area contributed by atoms with E-state index in [1.54, 1.807) is 0 Å². The Labute approximate surface area is 112 Å². The molecule has 1 aliphatic heterocycles. The van der Waals surface area contributed by atoms with Crippen LogP contribution in [0.1, 0.15) is 30.5 Å². The Morgan fingerprint density at radius 3 is 2.79 bits per heavy atom. The fourth-order valence-corrected chi connectivity index (χ4v) is 2.47. The van der Waals surface area contributed by atoms with Gasteiger partial charge < -0.3 is 20.3 Å². The molecule has 0 radical (unpaired) electrons. The van der Waals surface area contributed by atoms with Crippen molar-refractivity contribution in [3.63, 3.8) is 0 Å². The SMILES string of the molecule is CCc1cc(OC)c(O)c(C2CC(C(=O)O)CN2)c1. The van der Waals surface area contributed by atoms with Gasteiger partial charge in [0.2, 0.25) is 0 Å². The molecule has 0 amide bonds. The highest BCUT2D eigenvalue weighted by Crippen LogP contribution is 2.39. The van der Waals surface area contributed by atoms with Gasteiger partial charge in [-0.2, -0.15) is 0 Å². The van der Waals surface area contributed by atoms with E-state index < -0.39 is 11.9 Å². The van der Waals surface area contributed by atoms with Crippen LogP contribution in [0, 0.1) is 5.92 Å². The number of methoxy groups -OCH3 is 1. The number of hydrogen-bond acceptors (Lipinski definition) is 4. The zero-order valence-electron chi connectivity index (χ0n) is 11.1. The minimum Gasteiger partial charge on any atom is -0.504 e. The van der Waals surface area contributed by atoms with E-state index in [0.717, 1.165) is 17.5 Å². The quantitative estimate of drug-likeness (QED) is 0.772. The van der Waals surface area contributed by atoms with Gasteiger partial charge in [0.1, 0.15) is 0 Å². The molecule has 104 valence electrons. The largest absolute Gasteiger partial charge is 0.504 e. The Hall–Kier alpha value is -1.75. The lowest BCUT2D eigenvalue weighted by molar-refractivity contribution is -0.141. The first-order valence-electron chi connectivity index (χ1n) is 6.42. The van der Waals surface area contributed by atoms with Gasteiger partial charge in [-0.25, -0.2) is 0 Å². The Bertz CT molecular complexity index is 487. The van der Waals surface area contributed by atoms with E-state index in [1.165, 1.54) is 7.11 Å². The average Bonchev–Trinajstić information content (AvgIpc) is 2.88. The van der Waals surface area contributed by atoms with E-state index in [2.05, 4.69) is 5.32 Å². The molecule has 5 nitrogen and oxygen atoms in total. The Morgan fingerprint density at radius 2 is 2.26 bits per heavy atom. The van der Waals surface area contributed by atoms with Crippen molar-refractivity contribution in [2.75, 3.05) is 13.7 Å². The summed E-state index contributed by atoms with van der Waals surface area (Å²) in [4.78, 5) is 11.0. The lowest BCUT2D eigenvalue weighted by atomic mass is 9.96. The smallest absolute Gasteiger partial charge is 0.307 e. The van der Waals surface area contributed by atoms with Crippen molar-refractivity contribution in [2.24, 2.45) is 5.92 Å². The number of aromatic hydroxyl groups is 1. The summed E-state index contributed by atoms with van der Waals surface area (Å²) in [5.74, 6) is -0.660. The molecule has 1 aliphatic rings. The van der Waals surface area contributed by atoms with Crippen molar-refractivity contribution in [3.05, 3.63) is 23.3 Å². The molecule has 0 spiro atoms. The van der Waals surface area contributed by atoms with E-state index >= 15 is 0 Å². The number of ether oxygens (including phenoxy) is 1. The van der Waals surface area contributed by atoms with Gasteiger partial charge in [-0.1, -0.05) is 13.0 Å². The van der Waals surface area contributed by atoms with Crippen LogP contribution in [0.3, 0.4) is 0 Å². The average molecular weight is 265 g/mol. The normalized spacial score (nSPS) is 22.4. The Balaban J connectivity index is 2.32. The molecule has 1 saturated heterocycles. The molecular weight excluding hydrogens is 246 g/mol. The van der Waals surface area contributed by atoms with Gasteiger partial charge in [0.15, 0.2) is 11.5 Å². The van der Waals surface area contributed by atoms with Crippen LogP contribution < -0.4 is 10.1 Å². The molecule has 1 aromatic carbocycles. The number of benzene rings is 1. The maximum absolute atomic E-state index is 11.0. The monoisotopic (exact) mass is 265 g/mol. The standard InChI is InChI=1S/C14H19NO4/c1-3-8-4-10(13(16)12(5-8)19-2)11-6-9(7-15-11)14(17)18/h4-5,9,11,15-16H,3,6-7H2,1-2H3,(H,17,18). The minimum atomic E-state index is -0.798. The molecule has 2 unspecified atom stereocenters. The van der Waals surface area contributed by atoms with Gasteiger partial charge in [-0.15, -0.1) is 0 Å². The molecule has 2 rings (SSSR count). The van der Waals surface area contributed by atoms with E-state index in [0.29, 0.717) is 18.7 Å². The van der Waals surface area contributed by atoms with Crippen LogP contribution in [0.25, 0.3) is 0 Å². The van der Waals surface area contributed by atoms with Crippen molar-refractivity contribution >= 4 is 5.97 Å². The molecule has 5 heteroatoms. The van der Waals surface area contributed by atoms with Crippen molar-refractivity contribution in [1.29, 1.82) is 0 Å². The summed E-state index contributed by atoms with van der Waals surface area (Å²) in [6.07, 6.45) is 1.32. The topological polar surface area (TPSA) is 78.8 Å². The van der Waals surface area contributed by atoms with Crippen LogP contribution in [-0.2, 0) is 11.2 Å². The van der Waals surface area contributed by atoms with E-state index in [4.69, 9.17) is 9.84 Å². The summed E-state index contributed by atoms with van der Waals surface area (Å²) in [7, 11) is 1.51. The number of aliphatic carboxylic acids is 1. The minimum absolute atomic E-state index is 0.100. The zero-order valence-corrected chi connectivity index (χ0v) is 11.1. The number of nitrogens with one attached hydrogen (secondary N) is 1. The number of carboxylic acids is 1. The van der Waals surface area contributed by atoms with Crippen LogP contribution >= 0.6 is 0 Å². The molecule has 0 saturated carbocycles. The van der Waals surface area contributed by atoms with Gasteiger partial charge in [0, 0.05) is 18.2 Å². The van der Waals surface area contributed by atoms with E-state index in [-0.39, 0.29) is 11.8 Å². The second-order valence-electron chi connectivity index (χ2n) is 4.82. The lowest BCUT2D eigenvalue weighted by Crippen LogP contribution is -2.17. The third-order valence-electron chi connectivity index (χ3n) is 3.65. The summed E-state index contributed by atoms with van der Waals surface area (Å²) in [5.41, 5.74) is 1.78. The molecule has 1 fully saturated rings. The van der Waals surface area contributed by atoms with Crippen molar-refractivity contribution in [2.45, 2.75) is 25.8 Å². The lowest BCUT2D eigenvalue weighted by Gasteiger charge is -2.16. The first-order valence-corrected chi connectivity index (χ1v) is 6.42. The highest BCUT2D eigenvalue weighted by Gasteiger charge is 2.32. The molecule has 0 bridgehead atoms. The molecule has 19 heavy (non-hydrogen) atoms. The maximum Gasteiger partial charge on any atom is 0.307 e. The first-order chi connectivity index (χ1) is 9.06. The van der Waals surface area contributed by atoms with Crippen molar-refractivity contribution in [1.82, 2.24) is 5.32 Å². The van der Waals surface area contributed by atoms with Gasteiger partial charge >= 0.3 is 5.97 Å². The predicted molar refractivity (Wildman–Crippen MR) is 70.5 cm³/mol. The second-order valence-corrected chi connectivity index (χ2v) is 4.82. The van der Waals surface area contributed by atoms with Crippen molar-refractivity contribution in [3.8, 4) is 11.5 Å². The van der Waals surface area contributed by atoms with Gasteiger partial charge in [-0.05, 0) is 24.5 Å². The number of phenolic OH excluding ortho intramolecular Hbond substituents is 1. The molecule has 1 aromatic rings. The molecule has 1 heterocycles. The molecular formula is C14H19NO4. The number of aryl methyl sites for hydroxylation is 1. The Kier molecular flexibility index (Phi) is 3.95. The highest BCUT2D eigenvalue weighted by molar-refractivity contribution is 5.71. The third-order valence-corrected chi connectivity index (χ3v) is 3.65. The maximum atomic E-state index is 11.0. The van der Waals surface area contributed by atoms with Crippen molar-refractivity contribution < 1.29 is 19.7 Å². The number of rotatable bonds is 4. The molecule has 0 aliphatic carbocycles. The number of carboxylic acid groups (broad SMARTS) is 1. The third kappa shape index (κ3) is 2.66. The molecule has 2 atom stereocenters. The number of carbonyl (C=O) groups is 1. The predicted octanol–water partition coefficient (Wildman–Crippen LogP) is 1.70. The van der Waals surface area contributed by atoms with Crippen LogP contribution in [0.15, 0.2) is 12.1 Å². The summed E-state index contributed by atoms with van der Waals surface area (Å²) in [5, 5.41) is 22.4. The van der Waals surface area contributed by atoms with Crippen LogP contribution in [0.5, 0.6) is 11.5 Å². The summed E-state index contributed by atoms with van der Waals surface area (Å²) >= 11 is 0. The van der Waals surface area contributed by atoms with Crippen LogP contribution in [0.2, 0.25) is 0 Å². The fraction of sp³-hybridized carbons (Fsp3) is 0.500. The summed E-state index contributed by atoms with van der Waals surface area (Å²) < 4.78 is 5.17. The fourth-order valence-electron chi connectivity index (χ4n) is 2.47.